The number of hydrogen-bond donors (Lipinski definition) is 1. The average Bonchev–Trinajstić information content (AvgIpc) is 3.31. The molecule has 0 saturated carbocycles. The van der Waals surface area contributed by atoms with Crippen LogP contribution in [0.3, 0.4) is 0 Å². The molecule has 0 bridgehead atoms. The first-order valence-electron chi connectivity index (χ1n) is 10.2. The molecule has 0 aliphatic carbocycles. The third-order valence-corrected chi connectivity index (χ3v) is 4.76. The minimum Gasteiger partial charge on any atom is -0.466 e. The summed E-state index contributed by atoms with van der Waals surface area (Å²) < 4.78 is 10.7. The summed E-state index contributed by atoms with van der Waals surface area (Å²) in [5, 5.41) is 8.72. The lowest BCUT2D eigenvalue weighted by Crippen LogP contribution is -2.03. The maximum atomic E-state index is 11.2. The molecule has 0 radical (unpaired) electrons. The fourth-order valence-corrected chi connectivity index (χ4v) is 3.23. The largest absolute Gasteiger partial charge is 0.466 e. The van der Waals surface area contributed by atoms with Gasteiger partial charge >= 0.3 is 5.97 Å². The minimum atomic E-state index is -0.0554. The van der Waals surface area contributed by atoms with Crippen LogP contribution in [0.5, 0.6) is 0 Å². The molecule has 4 heteroatoms. The van der Waals surface area contributed by atoms with E-state index in [2.05, 4.69) is 0 Å². The molecule has 1 N–H and O–H groups in total. The number of rotatable bonds is 17. The Kier molecular flexibility index (Phi) is 13.1. The molecule has 1 saturated heterocycles. The monoisotopic (exact) mass is 342 g/mol. The predicted octanol–water partition coefficient (Wildman–Crippen LogP) is 4.77. The van der Waals surface area contributed by atoms with E-state index in [1.54, 1.807) is 0 Å². The molecule has 2 unspecified atom stereocenters. The lowest BCUT2D eigenvalue weighted by atomic mass is 10.0. The molecule has 1 aliphatic heterocycles. The molecule has 4 nitrogen and oxygen atoms in total. The van der Waals surface area contributed by atoms with Gasteiger partial charge in [0.2, 0.25) is 0 Å². The standard InChI is InChI=1S/C20H38O4/c1-2-23-20(22)16-12-8-5-7-11-15-19-18(24-19)14-10-6-3-4-9-13-17-21/h18-19,21H,2-17H2,1H3. The van der Waals surface area contributed by atoms with E-state index in [1.165, 1.54) is 64.2 Å². The highest BCUT2D eigenvalue weighted by Gasteiger charge is 2.36. The minimum absolute atomic E-state index is 0.0554. The molecule has 1 aliphatic rings. The Balaban J connectivity index is 1.77. The van der Waals surface area contributed by atoms with Gasteiger partial charge in [0.05, 0.1) is 18.8 Å². The Labute approximate surface area is 148 Å². The van der Waals surface area contributed by atoms with E-state index in [9.17, 15) is 4.79 Å². The summed E-state index contributed by atoms with van der Waals surface area (Å²) in [7, 11) is 0. The van der Waals surface area contributed by atoms with Gasteiger partial charge in [-0.05, 0) is 32.6 Å². The number of epoxide rings is 1. The van der Waals surface area contributed by atoms with Gasteiger partial charge in [0.25, 0.3) is 0 Å². The summed E-state index contributed by atoms with van der Waals surface area (Å²) in [6.45, 7) is 2.68. The van der Waals surface area contributed by atoms with Crippen molar-refractivity contribution in [2.45, 2.75) is 109 Å². The number of carbonyl (C=O) groups excluding carboxylic acids is 1. The van der Waals surface area contributed by atoms with Crippen molar-refractivity contribution >= 4 is 5.97 Å². The normalized spacial score (nSPS) is 19.4. The molecule has 1 rings (SSSR count). The van der Waals surface area contributed by atoms with E-state index in [0.717, 1.165) is 19.3 Å². The first-order valence-corrected chi connectivity index (χ1v) is 10.2. The van der Waals surface area contributed by atoms with Gasteiger partial charge in [-0.2, -0.15) is 0 Å². The van der Waals surface area contributed by atoms with Crippen LogP contribution in [0.15, 0.2) is 0 Å². The maximum absolute atomic E-state index is 11.2. The lowest BCUT2D eigenvalue weighted by molar-refractivity contribution is -0.143. The number of esters is 1. The van der Waals surface area contributed by atoms with Crippen molar-refractivity contribution in [3.8, 4) is 0 Å². The first kappa shape index (κ1) is 21.4. The number of aliphatic hydroxyl groups is 1. The maximum Gasteiger partial charge on any atom is 0.305 e. The van der Waals surface area contributed by atoms with Crippen LogP contribution in [0, 0.1) is 0 Å². The fourth-order valence-electron chi connectivity index (χ4n) is 3.23. The number of carbonyl (C=O) groups is 1. The van der Waals surface area contributed by atoms with Crippen molar-refractivity contribution in [1.82, 2.24) is 0 Å². The van der Waals surface area contributed by atoms with Gasteiger partial charge < -0.3 is 14.6 Å². The number of unbranched alkanes of at least 4 members (excludes halogenated alkanes) is 9. The van der Waals surface area contributed by atoms with Crippen LogP contribution in [-0.4, -0.2) is 36.5 Å². The molecule has 0 amide bonds. The van der Waals surface area contributed by atoms with E-state index in [1.807, 2.05) is 6.92 Å². The van der Waals surface area contributed by atoms with Crippen molar-refractivity contribution in [3.63, 3.8) is 0 Å². The zero-order chi connectivity index (χ0) is 17.5. The third-order valence-electron chi connectivity index (χ3n) is 4.76. The van der Waals surface area contributed by atoms with Gasteiger partial charge in [-0.3, -0.25) is 4.79 Å². The molecule has 1 fully saturated rings. The van der Waals surface area contributed by atoms with E-state index < -0.39 is 0 Å². The molecule has 142 valence electrons. The second kappa shape index (κ2) is 14.7. The van der Waals surface area contributed by atoms with E-state index in [-0.39, 0.29) is 5.97 Å². The van der Waals surface area contributed by atoms with Crippen LogP contribution in [0.2, 0.25) is 0 Å². The van der Waals surface area contributed by atoms with Crippen LogP contribution in [0.1, 0.15) is 96.8 Å². The van der Waals surface area contributed by atoms with Gasteiger partial charge in [0.1, 0.15) is 0 Å². The topological polar surface area (TPSA) is 59.1 Å². The quantitative estimate of drug-likeness (QED) is 0.235. The summed E-state index contributed by atoms with van der Waals surface area (Å²) in [5.41, 5.74) is 0. The summed E-state index contributed by atoms with van der Waals surface area (Å²) in [4.78, 5) is 11.2. The Morgan fingerprint density at radius 3 is 1.88 bits per heavy atom. The molecule has 0 aromatic heterocycles. The Morgan fingerprint density at radius 2 is 1.33 bits per heavy atom. The highest BCUT2D eigenvalue weighted by Crippen LogP contribution is 2.31. The van der Waals surface area contributed by atoms with Crippen LogP contribution >= 0.6 is 0 Å². The van der Waals surface area contributed by atoms with Crippen molar-refractivity contribution in [2.24, 2.45) is 0 Å². The highest BCUT2D eigenvalue weighted by atomic mass is 16.6. The van der Waals surface area contributed by atoms with Gasteiger partial charge in [-0.25, -0.2) is 0 Å². The number of aliphatic hydroxyl groups excluding tert-OH is 1. The van der Waals surface area contributed by atoms with Crippen LogP contribution in [0.25, 0.3) is 0 Å². The van der Waals surface area contributed by atoms with Gasteiger partial charge in [-0.15, -0.1) is 0 Å². The SMILES string of the molecule is CCOC(=O)CCCCCCCC1OC1CCCCCCCCO. The number of ether oxygens (including phenoxy) is 2. The van der Waals surface area contributed by atoms with Crippen LogP contribution < -0.4 is 0 Å². The molecule has 0 spiro atoms. The lowest BCUT2D eigenvalue weighted by Gasteiger charge is -2.02. The smallest absolute Gasteiger partial charge is 0.305 e. The molecule has 0 aromatic rings. The van der Waals surface area contributed by atoms with Crippen LogP contribution in [-0.2, 0) is 14.3 Å². The fraction of sp³-hybridized carbons (Fsp3) is 0.950. The molecule has 1 heterocycles. The van der Waals surface area contributed by atoms with Crippen molar-refractivity contribution < 1.29 is 19.4 Å². The second-order valence-electron chi connectivity index (χ2n) is 6.96. The van der Waals surface area contributed by atoms with E-state index in [0.29, 0.717) is 31.8 Å². The summed E-state index contributed by atoms with van der Waals surface area (Å²) >= 11 is 0. The van der Waals surface area contributed by atoms with Gasteiger partial charge in [0.15, 0.2) is 0 Å². The zero-order valence-corrected chi connectivity index (χ0v) is 15.6. The van der Waals surface area contributed by atoms with E-state index in [4.69, 9.17) is 14.6 Å². The summed E-state index contributed by atoms with van der Waals surface area (Å²) in [5.74, 6) is -0.0554. The molecule has 2 atom stereocenters. The Morgan fingerprint density at radius 1 is 0.833 bits per heavy atom. The molecular formula is C20H38O4. The van der Waals surface area contributed by atoms with Crippen LogP contribution in [0.4, 0.5) is 0 Å². The highest BCUT2D eigenvalue weighted by molar-refractivity contribution is 5.69. The average molecular weight is 343 g/mol. The Hall–Kier alpha value is -0.610. The first-order chi connectivity index (χ1) is 11.8. The van der Waals surface area contributed by atoms with Gasteiger partial charge in [0, 0.05) is 13.0 Å². The summed E-state index contributed by atoms with van der Waals surface area (Å²) in [6, 6.07) is 0. The summed E-state index contributed by atoms with van der Waals surface area (Å²) in [6.07, 6.45) is 17.1. The van der Waals surface area contributed by atoms with Crippen molar-refractivity contribution in [1.29, 1.82) is 0 Å². The second-order valence-corrected chi connectivity index (χ2v) is 6.96. The molecule has 24 heavy (non-hydrogen) atoms. The predicted molar refractivity (Wildman–Crippen MR) is 97.0 cm³/mol. The third kappa shape index (κ3) is 11.9. The number of hydrogen-bond acceptors (Lipinski definition) is 4. The van der Waals surface area contributed by atoms with Gasteiger partial charge in [-0.1, -0.05) is 57.8 Å². The zero-order valence-electron chi connectivity index (χ0n) is 15.6. The Bertz CT molecular complexity index is 306. The molecule has 0 aromatic carbocycles. The molecular weight excluding hydrogens is 304 g/mol. The van der Waals surface area contributed by atoms with Crippen molar-refractivity contribution in [3.05, 3.63) is 0 Å². The van der Waals surface area contributed by atoms with Crippen molar-refractivity contribution in [2.75, 3.05) is 13.2 Å². The van der Waals surface area contributed by atoms with E-state index >= 15 is 0 Å².